The van der Waals surface area contributed by atoms with Crippen molar-refractivity contribution in [1.82, 2.24) is 10.1 Å². The maximum atomic E-state index is 5.66. The van der Waals surface area contributed by atoms with Crippen LogP contribution in [-0.2, 0) is 0 Å². The van der Waals surface area contributed by atoms with Crippen LogP contribution in [-0.4, -0.2) is 10.1 Å². The summed E-state index contributed by atoms with van der Waals surface area (Å²) in [6.07, 6.45) is 1.62. The molecule has 0 aliphatic carbocycles. The predicted molar refractivity (Wildman–Crippen MR) is 57.9 cm³/mol. The van der Waals surface area contributed by atoms with Crippen LogP contribution in [0.15, 0.2) is 22.9 Å². The molecule has 0 unspecified atom stereocenters. The molecule has 0 aliphatic heterocycles. The van der Waals surface area contributed by atoms with Crippen LogP contribution in [0.1, 0.15) is 11.3 Å². The highest BCUT2D eigenvalue weighted by atomic mass is 16.5. The van der Waals surface area contributed by atoms with Gasteiger partial charge in [-0.3, -0.25) is 0 Å². The number of rotatable bonds is 2. The summed E-state index contributed by atoms with van der Waals surface area (Å²) >= 11 is 0. The van der Waals surface area contributed by atoms with Crippen LogP contribution in [0.2, 0.25) is 0 Å². The Morgan fingerprint density at radius 2 is 2.07 bits per heavy atom. The number of nitrogens with one attached hydrogen (secondary N) is 1. The summed E-state index contributed by atoms with van der Waals surface area (Å²) < 4.78 is 4.93. The average molecular weight is 204 g/mol. The van der Waals surface area contributed by atoms with Crippen LogP contribution < -0.4 is 11.1 Å². The number of aromatic nitrogens is 2. The van der Waals surface area contributed by atoms with Crippen LogP contribution in [0.5, 0.6) is 0 Å². The zero-order valence-corrected chi connectivity index (χ0v) is 8.61. The topological polar surface area (TPSA) is 77.0 Å². The lowest BCUT2D eigenvalue weighted by Gasteiger charge is -2.03. The van der Waals surface area contributed by atoms with E-state index in [1.54, 1.807) is 12.3 Å². The van der Waals surface area contributed by atoms with Gasteiger partial charge in [0, 0.05) is 6.07 Å². The highest BCUT2D eigenvalue weighted by molar-refractivity contribution is 5.56. The van der Waals surface area contributed by atoms with Gasteiger partial charge < -0.3 is 15.6 Å². The van der Waals surface area contributed by atoms with Gasteiger partial charge in [0.1, 0.15) is 11.6 Å². The Morgan fingerprint density at radius 3 is 2.67 bits per heavy atom. The van der Waals surface area contributed by atoms with Crippen LogP contribution in [0.25, 0.3) is 0 Å². The molecule has 78 valence electrons. The van der Waals surface area contributed by atoms with Gasteiger partial charge >= 0.3 is 0 Å². The SMILES string of the molecule is Cc1cc(Nc2cc(C)c(N)cn2)no1. The first-order valence-electron chi connectivity index (χ1n) is 4.57. The van der Waals surface area contributed by atoms with Gasteiger partial charge in [-0.1, -0.05) is 5.16 Å². The molecule has 2 heterocycles. The van der Waals surface area contributed by atoms with Gasteiger partial charge in [0.2, 0.25) is 0 Å². The zero-order valence-electron chi connectivity index (χ0n) is 8.61. The van der Waals surface area contributed by atoms with Crippen molar-refractivity contribution >= 4 is 17.3 Å². The van der Waals surface area contributed by atoms with Gasteiger partial charge in [0.25, 0.3) is 0 Å². The highest BCUT2D eigenvalue weighted by Gasteiger charge is 2.02. The van der Waals surface area contributed by atoms with E-state index in [4.69, 9.17) is 10.3 Å². The average Bonchev–Trinajstić information content (AvgIpc) is 2.58. The van der Waals surface area contributed by atoms with Crippen molar-refractivity contribution in [2.75, 3.05) is 11.1 Å². The molecular formula is C10H12N4O. The molecule has 0 atom stereocenters. The van der Waals surface area contributed by atoms with Crippen LogP contribution in [0.4, 0.5) is 17.3 Å². The molecule has 15 heavy (non-hydrogen) atoms. The molecular weight excluding hydrogens is 192 g/mol. The maximum Gasteiger partial charge on any atom is 0.175 e. The van der Waals surface area contributed by atoms with Crippen molar-refractivity contribution < 1.29 is 4.52 Å². The number of nitrogens with two attached hydrogens (primary N) is 1. The fraction of sp³-hybridized carbons (Fsp3) is 0.200. The third-order valence-corrected chi connectivity index (χ3v) is 2.04. The highest BCUT2D eigenvalue weighted by Crippen LogP contribution is 2.17. The minimum atomic E-state index is 0.643. The predicted octanol–water partition coefficient (Wildman–Crippen LogP) is 2.01. The summed E-state index contributed by atoms with van der Waals surface area (Å²) in [4.78, 5) is 4.13. The van der Waals surface area contributed by atoms with E-state index in [9.17, 15) is 0 Å². The minimum absolute atomic E-state index is 0.643. The Labute approximate surface area is 87.3 Å². The molecule has 0 spiro atoms. The second kappa shape index (κ2) is 3.61. The van der Waals surface area contributed by atoms with E-state index < -0.39 is 0 Å². The standard InChI is InChI=1S/C10H12N4O/c1-6-3-9(12-5-8(6)11)13-10-4-7(2)15-14-10/h3-5H,11H2,1-2H3,(H,12,13,14). The number of nitrogen functional groups attached to an aromatic ring is 1. The third-order valence-electron chi connectivity index (χ3n) is 2.04. The molecule has 0 saturated heterocycles. The summed E-state index contributed by atoms with van der Waals surface area (Å²) in [5, 5.41) is 6.83. The van der Waals surface area contributed by atoms with Gasteiger partial charge in [-0.15, -0.1) is 0 Å². The summed E-state index contributed by atoms with van der Waals surface area (Å²) in [7, 11) is 0. The van der Waals surface area contributed by atoms with Crippen molar-refractivity contribution in [3.8, 4) is 0 Å². The minimum Gasteiger partial charge on any atom is -0.397 e. The normalized spacial score (nSPS) is 10.3. The first-order chi connectivity index (χ1) is 7.15. The van der Waals surface area contributed by atoms with E-state index in [1.807, 2.05) is 19.9 Å². The molecule has 0 fully saturated rings. The fourth-order valence-corrected chi connectivity index (χ4v) is 1.19. The quantitative estimate of drug-likeness (QED) is 0.782. The van der Waals surface area contributed by atoms with Crippen LogP contribution in [0, 0.1) is 13.8 Å². The lowest BCUT2D eigenvalue weighted by atomic mass is 10.2. The molecule has 5 heteroatoms. The van der Waals surface area contributed by atoms with E-state index in [0.717, 1.165) is 11.3 Å². The molecule has 2 aromatic rings. The van der Waals surface area contributed by atoms with Crippen LogP contribution >= 0.6 is 0 Å². The van der Waals surface area contributed by atoms with Crippen LogP contribution in [0.3, 0.4) is 0 Å². The Hall–Kier alpha value is -2.04. The summed E-state index contributed by atoms with van der Waals surface area (Å²) in [5.74, 6) is 2.10. The van der Waals surface area contributed by atoms with E-state index in [2.05, 4.69) is 15.5 Å². The Morgan fingerprint density at radius 1 is 1.27 bits per heavy atom. The summed E-state index contributed by atoms with van der Waals surface area (Å²) in [5.41, 5.74) is 7.32. The maximum absolute atomic E-state index is 5.66. The largest absolute Gasteiger partial charge is 0.397 e. The second-order valence-corrected chi connectivity index (χ2v) is 3.37. The van der Waals surface area contributed by atoms with Crippen molar-refractivity contribution in [2.45, 2.75) is 13.8 Å². The molecule has 3 N–H and O–H groups in total. The molecule has 0 aromatic carbocycles. The molecule has 0 bridgehead atoms. The van der Waals surface area contributed by atoms with Gasteiger partial charge in [-0.05, 0) is 25.5 Å². The van der Waals surface area contributed by atoms with Crippen molar-refractivity contribution in [2.24, 2.45) is 0 Å². The summed E-state index contributed by atoms with van der Waals surface area (Å²) in [6.45, 7) is 3.76. The van der Waals surface area contributed by atoms with Crippen molar-refractivity contribution in [1.29, 1.82) is 0 Å². The van der Waals surface area contributed by atoms with E-state index >= 15 is 0 Å². The van der Waals surface area contributed by atoms with Crippen molar-refractivity contribution in [3.05, 3.63) is 29.7 Å². The third kappa shape index (κ3) is 2.07. The smallest absolute Gasteiger partial charge is 0.175 e. The molecule has 2 aromatic heterocycles. The molecule has 5 nitrogen and oxygen atoms in total. The second-order valence-electron chi connectivity index (χ2n) is 3.37. The van der Waals surface area contributed by atoms with Crippen molar-refractivity contribution in [3.63, 3.8) is 0 Å². The molecule has 0 amide bonds. The van der Waals surface area contributed by atoms with E-state index in [-0.39, 0.29) is 0 Å². The Balaban J connectivity index is 2.21. The zero-order chi connectivity index (χ0) is 10.8. The van der Waals surface area contributed by atoms with E-state index in [0.29, 0.717) is 17.3 Å². The first-order valence-corrected chi connectivity index (χ1v) is 4.57. The molecule has 0 aliphatic rings. The van der Waals surface area contributed by atoms with Gasteiger partial charge in [0.15, 0.2) is 5.82 Å². The Bertz CT molecular complexity index is 478. The number of nitrogens with zero attached hydrogens (tertiary/aromatic N) is 2. The summed E-state index contributed by atoms with van der Waals surface area (Å²) in [6, 6.07) is 3.66. The fourth-order valence-electron chi connectivity index (χ4n) is 1.19. The number of anilines is 3. The van der Waals surface area contributed by atoms with Gasteiger partial charge in [-0.2, -0.15) is 0 Å². The number of aryl methyl sites for hydroxylation is 2. The Kier molecular flexibility index (Phi) is 2.29. The number of pyridine rings is 1. The molecule has 2 rings (SSSR count). The first kappa shape index (κ1) is 9.51. The van der Waals surface area contributed by atoms with Gasteiger partial charge in [-0.25, -0.2) is 4.98 Å². The molecule has 0 saturated carbocycles. The monoisotopic (exact) mass is 204 g/mol. The lowest BCUT2D eigenvalue weighted by molar-refractivity contribution is 0.400. The number of hydrogen-bond donors (Lipinski definition) is 2. The lowest BCUT2D eigenvalue weighted by Crippen LogP contribution is -1.97. The van der Waals surface area contributed by atoms with Gasteiger partial charge in [0.05, 0.1) is 11.9 Å². The molecule has 0 radical (unpaired) electrons. The number of hydrogen-bond acceptors (Lipinski definition) is 5. The van der Waals surface area contributed by atoms with E-state index in [1.165, 1.54) is 0 Å².